The van der Waals surface area contributed by atoms with Crippen LogP contribution in [-0.4, -0.2) is 53.6 Å². The van der Waals surface area contributed by atoms with Gasteiger partial charge in [0.25, 0.3) is 0 Å². The van der Waals surface area contributed by atoms with E-state index < -0.39 is 5.97 Å². The maximum absolute atomic E-state index is 13.2. The number of piperazine rings is 1. The fraction of sp³-hybridized carbons (Fsp3) is 0.533. The predicted molar refractivity (Wildman–Crippen MR) is 82.8 cm³/mol. The average molecular weight is 359 g/mol. The number of halogens is 2. The van der Waals surface area contributed by atoms with E-state index in [4.69, 9.17) is 5.11 Å². The van der Waals surface area contributed by atoms with Crippen molar-refractivity contribution in [3.05, 3.63) is 34.1 Å². The van der Waals surface area contributed by atoms with Gasteiger partial charge in [0.15, 0.2) is 0 Å². The topological polar surface area (TPSA) is 43.8 Å². The van der Waals surface area contributed by atoms with Crippen LogP contribution in [0.5, 0.6) is 0 Å². The van der Waals surface area contributed by atoms with Gasteiger partial charge in [-0.2, -0.15) is 0 Å². The zero-order chi connectivity index (χ0) is 15.4. The highest BCUT2D eigenvalue weighted by Crippen LogP contribution is 2.28. The second-order valence-electron chi connectivity index (χ2n) is 5.36. The fourth-order valence-corrected chi connectivity index (χ4v) is 3.35. The zero-order valence-corrected chi connectivity index (χ0v) is 13.6. The summed E-state index contributed by atoms with van der Waals surface area (Å²) in [5.74, 6) is -0.989. The first-order valence-electron chi connectivity index (χ1n) is 7.10. The van der Waals surface area contributed by atoms with Gasteiger partial charge in [-0.15, -0.1) is 0 Å². The van der Waals surface area contributed by atoms with Crippen molar-refractivity contribution in [2.45, 2.75) is 19.4 Å². The largest absolute Gasteiger partial charge is 0.481 e. The van der Waals surface area contributed by atoms with Crippen LogP contribution in [0.2, 0.25) is 0 Å². The van der Waals surface area contributed by atoms with Crippen molar-refractivity contribution < 1.29 is 14.3 Å². The average Bonchev–Trinajstić information content (AvgIpc) is 2.45. The first-order chi connectivity index (χ1) is 9.97. The predicted octanol–water partition coefficient (Wildman–Crippen LogP) is 2.74. The summed E-state index contributed by atoms with van der Waals surface area (Å²) in [6.45, 7) is 6.25. The molecule has 1 aromatic carbocycles. The summed E-state index contributed by atoms with van der Waals surface area (Å²) in [4.78, 5) is 15.1. The summed E-state index contributed by atoms with van der Waals surface area (Å²) in [5, 5.41) is 8.71. The van der Waals surface area contributed by atoms with Crippen molar-refractivity contribution >= 4 is 21.9 Å². The molecule has 0 aliphatic carbocycles. The van der Waals surface area contributed by atoms with Gasteiger partial charge in [-0.25, -0.2) is 4.39 Å². The van der Waals surface area contributed by atoms with Gasteiger partial charge in [-0.3, -0.25) is 9.69 Å². The first-order valence-corrected chi connectivity index (χ1v) is 7.90. The van der Waals surface area contributed by atoms with Crippen LogP contribution in [-0.2, 0) is 4.79 Å². The van der Waals surface area contributed by atoms with Crippen LogP contribution in [0.4, 0.5) is 4.39 Å². The Labute approximate surface area is 132 Å². The fourth-order valence-electron chi connectivity index (χ4n) is 2.67. The van der Waals surface area contributed by atoms with Gasteiger partial charge >= 0.3 is 5.97 Å². The van der Waals surface area contributed by atoms with Crippen molar-refractivity contribution in [1.82, 2.24) is 9.80 Å². The van der Waals surface area contributed by atoms with Crippen molar-refractivity contribution in [2.75, 3.05) is 32.7 Å². The molecule has 116 valence electrons. The second kappa shape index (κ2) is 7.33. The van der Waals surface area contributed by atoms with E-state index in [9.17, 15) is 9.18 Å². The number of carbonyl (C=O) groups is 1. The van der Waals surface area contributed by atoms with E-state index in [-0.39, 0.29) is 18.3 Å². The minimum atomic E-state index is -0.749. The second-order valence-corrected chi connectivity index (χ2v) is 6.22. The van der Waals surface area contributed by atoms with Crippen LogP contribution in [0.1, 0.15) is 24.9 Å². The molecule has 0 aromatic heterocycles. The molecule has 6 heteroatoms. The summed E-state index contributed by atoms with van der Waals surface area (Å²) < 4.78 is 14.0. The van der Waals surface area contributed by atoms with Crippen LogP contribution in [0.25, 0.3) is 0 Å². The van der Waals surface area contributed by atoms with Crippen molar-refractivity contribution in [3.63, 3.8) is 0 Å². The van der Waals surface area contributed by atoms with Crippen molar-refractivity contribution in [2.24, 2.45) is 0 Å². The molecule has 1 heterocycles. The van der Waals surface area contributed by atoms with Gasteiger partial charge < -0.3 is 10.0 Å². The van der Waals surface area contributed by atoms with Gasteiger partial charge in [-0.05, 0) is 24.6 Å². The summed E-state index contributed by atoms with van der Waals surface area (Å²) in [6.07, 6.45) is 0.194. The minimum absolute atomic E-state index is 0.194. The molecular weight excluding hydrogens is 339 g/mol. The Kier molecular flexibility index (Phi) is 5.72. The van der Waals surface area contributed by atoms with Crippen LogP contribution < -0.4 is 0 Å². The third-order valence-corrected chi connectivity index (χ3v) is 4.70. The number of aliphatic carboxylic acids is 1. The van der Waals surface area contributed by atoms with Gasteiger partial charge in [0.05, 0.1) is 6.42 Å². The molecule has 0 amide bonds. The molecule has 1 N–H and O–H groups in total. The van der Waals surface area contributed by atoms with E-state index >= 15 is 0 Å². The lowest BCUT2D eigenvalue weighted by Gasteiger charge is -2.38. The van der Waals surface area contributed by atoms with E-state index in [1.807, 2.05) is 6.07 Å². The highest BCUT2D eigenvalue weighted by Gasteiger charge is 2.23. The summed E-state index contributed by atoms with van der Waals surface area (Å²) in [7, 11) is 0. The van der Waals surface area contributed by atoms with E-state index in [0.29, 0.717) is 6.54 Å². The lowest BCUT2D eigenvalue weighted by atomic mass is 10.1. The molecule has 1 fully saturated rings. The number of nitrogens with zero attached hydrogens (tertiary/aromatic N) is 2. The number of carboxylic acids is 1. The van der Waals surface area contributed by atoms with Gasteiger partial charge in [0.1, 0.15) is 5.82 Å². The SMILES string of the molecule is CC(c1ccc(F)cc1Br)N1CCN(CCC(=O)O)CC1. The van der Waals surface area contributed by atoms with E-state index in [2.05, 4.69) is 32.7 Å². The molecular formula is C15H20BrFN2O2. The van der Waals surface area contributed by atoms with Crippen molar-refractivity contribution in [3.8, 4) is 0 Å². The lowest BCUT2D eigenvalue weighted by molar-refractivity contribution is -0.137. The molecule has 1 aliphatic rings. The normalized spacial score (nSPS) is 18.6. The Bertz CT molecular complexity index is 504. The molecule has 0 spiro atoms. The van der Waals surface area contributed by atoms with Gasteiger partial charge in [-0.1, -0.05) is 22.0 Å². The highest BCUT2D eigenvalue weighted by molar-refractivity contribution is 9.10. The molecule has 1 aromatic rings. The van der Waals surface area contributed by atoms with Crippen molar-refractivity contribution in [1.29, 1.82) is 0 Å². The molecule has 0 bridgehead atoms. The Hall–Kier alpha value is -0.980. The van der Waals surface area contributed by atoms with E-state index in [1.165, 1.54) is 12.1 Å². The van der Waals surface area contributed by atoms with Crippen LogP contribution in [0.15, 0.2) is 22.7 Å². The number of carboxylic acid groups (broad SMARTS) is 1. The van der Waals surface area contributed by atoms with Gasteiger partial charge in [0.2, 0.25) is 0 Å². The molecule has 0 saturated carbocycles. The monoisotopic (exact) mass is 358 g/mol. The zero-order valence-electron chi connectivity index (χ0n) is 12.1. The Morgan fingerprint density at radius 1 is 1.38 bits per heavy atom. The Morgan fingerprint density at radius 2 is 2.05 bits per heavy atom. The summed E-state index contributed by atoms with van der Waals surface area (Å²) in [5.41, 5.74) is 1.08. The summed E-state index contributed by atoms with van der Waals surface area (Å²) in [6, 6.07) is 5.01. The minimum Gasteiger partial charge on any atom is -0.481 e. The maximum atomic E-state index is 13.2. The molecule has 21 heavy (non-hydrogen) atoms. The van der Waals surface area contributed by atoms with Crippen LogP contribution >= 0.6 is 15.9 Å². The number of hydrogen-bond acceptors (Lipinski definition) is 3. The smallest absolute Gasteiger partial charge is 0.304 e. The van der Waals surface area contributed by atoms with E-state index in [0.717, 1.165) is 36.2 Å². The molecule has 2 rings (SSSR count). The molecule has 1 aliphatic heterocycles. The molecule has 1 saturated heterocycles. The first kappa shape index (κ1) is 16.4. The highest BCUT2D eigenvalue weighted by atomic mass is 79.9. The van der Waals surface area contributed by atoms with Gasteiger partial charge in [0, 0.05) is 43.2 Å². The van der Waals surface area contributed by atoms with E-state index in [1.54, 1.807) is 0 Å². The molecule has 1 atom stereocenters. The van der Waals surface area contributed by atoms with Crippen LogP contribution in [0, 0.1) is 5.82 Å². The molecule has 0 radical (unpaired) electrons. The number of benzene rings is 1. The molecule has 4 nitrogen and oxygen atoms in total. The summed E-state index contributed by atoms with van der Waals surface area (Å²) >= 11 is 3.42. The maximum Gasteiger partial charge on any atom is 0.304 e. The lowest BCUT2D eigenvalue weighted by Crippen LogP contribution is -2.47. The standard InChI is InChI=1S/C15H20BrFN2O2/c1-11(13-3-2-12(17)10-14(13)16)19-8-6-18(7-9-19)5-4-15(20)21/h2-3,10-11H,4-9H2,1H3,(H,20,21). The Morgan fingerprint density at radius 3 is 2.62 bits per heavy atom. The molecule has 1 unspecified atom stereocenters. The Balaban J connectivity index is 1.90. The van der Waals surface area contributed by atoms with Crippen LogP contribution in [0.3, 0.4) is 0 Å². The quantitative estimate of drug-likeness (QED) is 0.878. The third kappa shape index (κ3) is 4.49. The number of rotatable bonds is 5. The number of hydrogen-bond donors (Lipinski definition) is 1. The third-order valence-electron chi connectivity index (χ3n) is 4.01.